The molecular formula is C20H31N3O4. The van der Waals surface area contributed by atoms with Crippen LogP contribution < -0.4 is 5.32 Å². The van der Waals surface area contributed by atoms with Crippen LogP contribution in [0.25, 0.3) is 5.57 Å². The monoisotopic (exact) mass is 377 g/mol. The number of carbonyl (C=O) groups is 2. The van der Waals surface area contributed by atoms with E-state index < -0.39 is 24.2 Å². The average molecular weight is 377 g/mol. The number of aromatic nitrogens is 2. The van der Waals surface area contributed by atoms with Crippen LogP contribution in [0.15, 0.2) is 36.6 Å². The van der Waals surface area contributed by atoms with Crippen molar-refractivity contribution >= 4 is 17.6 Å². The molecule has 3 N–H and O–H groups in total. The van der Waals surface area contributed by atoms with Crippen LogP contribution in [0.2, 0.25) is 0 Å². The van der Waals surface area contributed by atoms with E-state index in [-0.39, 0.29) is 0 Å². The minimum absolute atomic E-state index is 0.422. The zero-order chi connectivity index (χ0) is 20.9. The van der Waals surface area contributed by atoms with Gasteiger partial charge in [-0.3, -0.25) is 4.79 Å². The van der Waals surface area contributed by atoms with Gasteiger partial charge in [-0.15, -0.1) is 0 Å². The van der Waals surface area contributed by atoms with Crippen molar-refractivity contribution in [2.75, 3.05) is 6.54 Å². The summed E-state index contributed by atoms with van der Waals surface area (Å²) in [6.07, 6.45) is 12.6. The Bertz CT molecular complexity index is 680. The number of rotatable bonds is 3. The highest BCUT2D eigenvalue weighted by molar-refractivity contribution is 5.76. The van der Waals surface area contributed by atoms with Gasteiger partial charge in [0, 0.05) is 17.5 Å². The second kappa shape index (κ2) is 12.5. The lowest BCUT2D eigenvalue weighted by atomic mass is 10.2. The Kier molecular flexibility index (Phi) is 11.2. The third-order valence-electron chi connectivity index (χ3n) is 2.74. The van der Waals surface area contributed by atoms with Crippen LogP contribution in [0.1, 0.15) is 52.6 Å². The first kappa shape index (κ1) is 24.2. The van der Waals surface area contributed by atoms with Gasteiger partial charge in [0.1, 0.15) is 18.0 Å². The van der Waals surface area contributed by atoms with Crippen LogP contribution in [0, 0.1) is 6.92 Å². The Morgan fingerprint density at radius 3 is 2.48 bits per heavy atom. The number of carbonyl (C=O) groups excluding carboxylic acids is 1. The van der Waals surface area contributed by atoms with E-state index in [0.717, 1.165) is 23.5 Å². The molecule has 0 atom stereocenters. The highest BCUT2D eigenvalue weighted by Gasteiger charge is 2.16. The number of allylic oxidation sites excluding steroid dienone is 6. The van der Waals surface area contributed by atoms with Gasteiger partial charge >= 0.3 is 12.1 Å². The van der Waals surface area contributed by atoms with E-state index >= 15 is 0 Å². The van der Waals surface area contributed by atoms with Gasteiger partial charge in [0.15, 0.2) is 0 Å². The highest BCUT2D eigenvalue weighted by atomic mass is 16.6. The Hall–Kier alpha value is -2.83. The molecule has 1 aromatic heterocycles. The summed E-state index contributed by atoms with van der Waals surface area (Å²) >= 11 is 0. The number of alkyl carbamates (subject to hydrolysis) is 1. The van der Waals surface area contributed by atoms with Gasteiger partial charge in [-0.05, 0) is 34.1 Å². The number of aliphatic carboxylic acids is 1. The summed E-state index contributed by atoms with van der Waals surface area (Å²) in [5, 5.41) is 10.3. The first-order valence-electron chi connectivity index (χ1n) is 8.91. The van der Waals surface area contributed by atoms with Crippen LogP contribution in [0.3, 0.4) is 0 Å². The molecule has 7 heteroatoms. The average Bonchev–Trinajstić information content (AvgIpc) is 2.85. The van der Waals surface area contributed by atoms with Crippen molar-refractivity contribution in [3.8, 4) is 0 Å². The summed E-state index contributed by atoms with van der Waals surface area (Å²) < 4.78 is 4.77. The summed E-state index contributed by atoms with van der Waals surface area (Å²) in [5.74, 6) is -0.152. The second-order valence-corrected chi connectivity index (χ2v) is 6.35. The molecule has 0 aromatic carbocycles. The van der Waals surface area contributed by atoms with Crippen molar-refractivity contribution in [3.63, 3.8) is 0 Å². The molecule has 0 bridgehead atoms. The molecular weight excluding hydrogens is 346 g/mol. The molecule has 1 aliphatic rings. The first-order chi connectivity index (χ1) is 12.7. The molecule has 0 radical (unpaired) electrons. The van der Waals surface area contributed by atoms with Gasteiger partial charge in [0.2, 0.25) is 0 Å². The van der Waals surface area contributed by atoms with Crippen molar-refractivity contribution in [1.82, 2.24) is 15.3 Å². The molecule has 0 spiro atoms. The fourth-order valence-electron chi connectivity index (χ4n) is 1.76. The molecule has 0 saturated carbocycles. The number of imidazole rings is 1. The van der Waals surface area contributed by atoms with Gasteiger partial charge in [-0.2, -0.15) is 0 Å². The van der Waals surface area contributed by atoms with E-state index in [9.17, 15) is 9.59 Å². The number of nitrogens with one attached hydrogen (secondary N) is 2. The summed E-state index contributed by atoms with van der Waals surface area (Å²) in [7, 11) is 0. The van der Waals surface area contributed by atoms with Crippen LogP contribution >= 0.6 is 0 Å². The summed E-state index contributed by atoms with van der Waals surface area (Å²) in [6.45, 7) is 10.7. The lowest BCUT2D eigenvalue weighted by molar-refractivity contribution is -0.136. The molecule has 2 rings (SSSR count). The molecule has 0 unspecified atom stereocenters. The predicted octanol–water partition coefficient (Wildman–Crippen LogP) is 4.24. The predicted molar refractivity (Wildman–Crippen MR) is 107 cm³/mol. The van der Waals surface area contributed by atoms with Crippen molar-refractivity contribution in [2.24, 2.45) is 0 Å². The zero-order valence-electron chi connectivity index (χ0n) is 17.0. The fraction of sp³-hybridized carbons (Fsp3) is 0.450. The van der Waals surface area contributed by atoms with E-state index in [0.29, 0.717) is 0 Å². The molecule has 7 nitrogen and oxygen atoms in total. The van der Waals surface area contributed by atoms with Crippen LogP contribution in [-0.2, 0) is 9.53 Å². The summed E-state index contributed by atoms with van der Waals surface area (Å²) in [5.41, 5.74) is 1.64. The lowest BCUT2D eigenvalue weighted by Gasteiger charge is -2.19. The van der Waals surface area contributed by atoms with E-state index in [1.165, 1.54) is 0 Å². The Balaban J connectivity index is 0.000000461. The normalized spacial score (nSPS) is 12.4. The lowest BCUT2D eigenvalue weighted by Crippen LogP contribution is -2.35. The number of ether oxygens (including phenoxy) is 1. The van der Waals surface area contributed by atoms with Gasteiger partial charge in [0.25, 0.3) is 0 Å². The molecule has 150 valence electrons. The molecule has 1 aromatic rings. The minimum Gasteiger partial charge on any atom is -0.480 e. The number of H-pyrrole nitrogens is 1. The Morgan fingerprint density at radius 1 is 1.30 bits per heavy atom. The SMILES string of the molecule is CC.CC(C)(C)OC(=O)NCC(=O)O.Cc1cnc(C2=CC=CCC=C2)[nH]1. The smallest absolute Gasteiger partial charge is 0.408 e. The molecule has 0 aliphatic heterocycles. The van der Waals surface area contributed by atoms with E-state index in [1.54, 1.807) is 20.8 Å². The number of amides is 1. The maximum Gasteiger partial charge on any atom is 0.408 e. The molecule has 0 fully saturated rings. The maximum absolute atomic E-state index is 10.8. The molecule has 27 heavy (non-hydrogen) atoms. The Morgan fingerprint density at radius 2 is 1.96 bits per heavy atom. The van der Waals surface area contributed by atoms with Gasteiger partial charge in [-0.25, -0.2) is 9.78 Å². The minimum atomic E-state index is -1.10. The van der Waals surface area contributed by atoms with Crippen LogP contribution in [0.5, 0.6) is 0 Å². The van der Waals surface area contributed by atoms with Gasteiger partial charge < -0.3 is 20.1 Å². The van der Waals surface area contributed by atoms with Crippen LogP contribution in [0.4, 0.5) is 4.79 Å². The number of carboxylic acids is 1. The first-order valence-corrected chi connectivity index (χ1v) is 8.91. The van der Waals surface area contributed by atoms with Crippen LogP contribution in [-0.4, -0.2) is 39.3 Å². The fourth-order valence-corrected chi connectivity index (χ4v) is 1.76. The number of aryl methyl sites for hydroxylation is 1. The summed E-state index contributed by atoms with van der Waals surface area (Å²) in [4.78, 5) is 28.2. The molecule has 0 saturated heterocycles. The summed E-state index contributed by atoms with van der Waals surface area (Å²) in [6, 6.07) is 0. The third kappa shape index (κ3) is 12.2. The molecule has 1 aliphatic carbocycles. The molecule has 1 amide bonds. The Labute approximate surface area is 161 Å². The number of aromatic amines is 1. The standard InChI is InChI=1S/C11H12N2.C7H13NO4.C2H6/c1-9-8-12-11(13-9)10-6-4-2-3-5-7-10;1-7(2,3)12-6(11)8-4-5(9)10;1-2/h2,4-8H,3H2,1H3,(H,12,13);4H2,1-3H3,(H,8,11)(H,9,10);1-2H3. The zero-order valence-corrected chi connectivity index (χ0v) is 17.0. The number of hydrogen-bond acceptors (Lipinski definition) is 4. The third-order valence-corrected chi connectivity index (χ3v) is 2.74. The van der Waals surface area contributed by atoms with Gasteiger partial charge in [0.05, 0.1) is 0 Å². The van der Waals surface area contributed by atoms with Crippen molar-refractivity contribution in [3.05, 3.63) is 48.1 Å². The number of nitrogens with zero attached hydrogens (tertiary/aromatic N) is 1. The number of carboxylic acid groups (broad SMARTS) is 1. The largest absolute Gasteiger partial charge is 0.480 e. The topological polar surface area (TPSA) is 104 Å². The quantitative estimate of drug-likeness (QED) is 0.731. The number of hydrogen-bond donors (Lipinski definition) is 3. The maximum atomic E-state index is 10.8. The van der Waals surface area contributed by atoms with Crippen molar-refractivity contribution < 1.29 is 19.4 Å². The van der Waals surface area contributed by atoms with E-state index in [1.807, 2.05) is 27.0 Å². The van der Waals surface area contributed by atoms with E-state index in [2.05, 4.69) is 45.7 Å². The molecule has 1 heterocycles. The van der Waals surface area contributed by atoms with E-state index in [4.69, 9.17) is 9.84 Å². The van der Waals surface area contributed by atoms with Crippen molar-refractivity contribution in [2.45, 2.75) is 53.6 Å². The van der Waals surface area contributed by atoms with Crippen molar-refractivity contribution in [1.29, 1.82) is 0 Å². The highest BCUT2D eigenvalue weighted by Crippen LogP contribution is 2.14. The second-order valence-electron chi connectivity index (χ2n) is 6.35. The van der Waals surface area contributed by atoms with Gasteiger partial charge in [-0.1, -0.05) is 44.2 Å².